The molecular formula is C16H16N4O7S. The summed E-state index contributed by atoms with van der Waals surface area (Å²) < 4.78 is 29.0. The summed E-state index contributed by atoms with van der Waals surface area (Å²) in [6.45, 7) is 0.311. The molecule has 0 bridgehead atoms. The Morgan fingerprint density at radius 3 is 2.75 bits per heavy atom. The van der Waals surface area contributed by atoms with Gasteiger partial charge in [0.1, 0.15) is 11.4 Å². The topological polar surface area (TPSA) is 167 Å². The van der Waals surface area contributed by atoms with Crippen LogP contribution in [0.1, 0.15) is 12.6 Å². The SMILES string of the molecule is CC1(COC(=O)NC=N)[C@H](C(=O)O)N2C(=O)/C(=C/c3ccccn3)C2S1(=O)=O. The monoisotopic (exact) mass is 408 g/mol. The van der Waals surface area contributed by atoms with Crippen molar-refractivity contribution in [3.05, 3.63) is 35.7 Å². The number of nitrogens with zero attached hydrogens (tertiary/aromatic N) is 2. The third-order valence-electron chi connectivity index (χ3n) is 4.71. The third-order valence-corrected chi connectivity index (χ3v) is 7.42. The smallest absolute Gasteiger partial charge is 0.412 e. The Morgan fingerprint density at radius 2 is 2.18 bits per heavy atom. The summed E-state index contributed by atoms with van der Waals surface area (Å²) in [4.78, 5) is 40.6. The lowest BCUT2D eigenvalue weighted by Crippen LogP contribution is -2.59. The molecule has 1 aromatic rings. The number of carbonyl (C=O) groups is 3. The van der Waals surface area contributed by atoms with Crippen LogP contribution in [-0.4, -0.2) is 70.5 Å². The van der Waals surface area contributed by atoms with E-state index in [1.807, 2.05) is 5.32 Å². The van der Waals surface area contributed by atoms with E-state index in [4.69, 9.17) is 10.1 Å². The number of β-lactam (4-membered cyclic amide) rings is 1. The summed E-state index contributed by atoms with van der Waals surface area (Å²) >= 11 is 0. The standard InChI is InChI=1S/C16H16N4O7S/c1-16(7-27-15(24)19-8-17)11(14(22)23)20-12(21)10(13(20)28(16,25)26)6-9-4-2-3-5-18-9/h2-6,8,11,13H,7H2,1H3,(H,22,23)(H2,17,19,24)/b10-6-/t11-,13?,16?/m0/s1. The number of hydrogen-bond donors (Lipinski definition) is 3. The van der Waals surface area contributed by atoms with Crippen LogP contribution >= 0.6 is 0 Å². The molecule has 2 amide bonds. The highest BCUT2D eigenvalue weighted by Crippen LogP contribution is 2.49. The minimum atomic E-state index is -4.27. The molecule has 0 radical (unpaired) electrons. The summed E-state index contributed by atoms with van der Waals surface area (Å²) in [5.41, 5.74) is 0.250. The molecule has 2 unspecified atom stereocenters. The predicted octanol–water partition coefficient (Wildman–Crippen LogP) is -0.393. The molecule has 3 atom stereocenters. The number of amides is 2. The molecule has 11 nitrogen and oxygen atoms in total. The highest BCUT2D eigenvalue weighted by Gasteiger charge is 2.72. The van der Waals surface area contributed by atoms with Crippen LogP contribution in [0.5, 0.6) is 0 Å². The minimum Gasteiger partial charge on any atom is -0.480 e. The van der Waals surface area contributed by atoms with Crippen LogP contribution in [0, 0.1) is 5.41 Å². The van der Waals surface area contributed by atoms with Gasteiger partial charge in [-0.1, -0.05) is 6.07 Å². The second kappa shape index (κ2) is 6.71. The lowest BCUT2D eigenvalue weighted by Gasteiger charge is -2.37. The van der Waals surface area contributed by atoms with Gasteiger partial charge in [0.15, 0.2) is 21.3 Å². The number of carboxylic acids is 1. The fourth-order valence-electron chi connectivity index (χ4n) is 3.32. The molecule has 2 aliphatic heterocycles. The van der Waals surface area contributed by atoms with E-state index in [9.17, 15) is 27.9 Å². The van der Waals surface area contributed by atoms with Crippen LogP contribution in [-0.2, 0) is 24.2 Å². The first-order valence-corrected chi connectivity index (χ1v) is 9.53. The van der Waals surface area contributed by atoms with E-state index >= 15 is 0 Å². The van der Waals surface area contributed by atoms with Crippen molar-refractivity contribution in [3.63, 3.8) is 0 Å². The van der Waals surface area contributed by atoms with Crippen LogP contribution < -0.4 is 5.32 Å². The molecule has 2 fully saturated rings. The van der Waals surface area contributed by atoms with Crippen LogP contribution in [0.25, 0.3) is 6.08 Å². The molecule has 3 heterocycles. The van der Waals surface area contributed by atoms with Gasteiger partial charge in [0.05, 0.1) is 17.6 Å². The van der Waals surface area contributed by atoms with Gasteiger partial charge in [-0.25, -0.2) is 18.0 Å². The second-order valence-electron chi connectivity index (χ2n) is 6.38. The van der Waals surface area contributed by atoms with Crippen molar-refractivity contribution in [2.24, 2.45) is 0 Å². The summed E-state index contributed by atoms with van der Waals surface area (Å²) in [6.07, 6.45) is 2.19. The maximum atomic E-state index is 13.1. The number of carboxylic acid groups (broad SMARTS) is 1. The van der Waals surface area contributed by atoms with Gasteiger partial charge in [-0.2, -0.15) is 0 Å². The van der Waals surface area contributed by atoms with Gasteiger partial charge in [-0.3, -0.25) is 20.5 Å². The van der Waals surface area contributed by atoms with E-state index in [0.29, 0.717) is 12.0 Å². The van der Waals surface area contributed by atoms with E-state index in [2.05, 4.69) is 4.98 Å². The quantitative estimate of drug-likeness (QED) is 0.256. The van der Waals surface area contributed by atoms with Gasteiger partial charge in [-0.15, -0.1) is 0 Å². The average Bonchev–Trinajstić information content (AvgIpc) is 2.81. The van der Waals surface area contributed by atoms with Gasteiger partial charge >= 0.3 is 12.1 Å². The first-order valence-electron chi connectivity index (χ1n) is 7.99. The molecular weight excluding hydrogens is 392 g/mol. The summed E-state index contributed by atoms with van der Waals surface area (Å²) in [5.74, 6) is -2.27. The van der Waals surface area contributed by atoms with Crippen molar-refractivity contribution in [1.29, 1.82) is 5.41 Å². The largest absolute Gasteiger partial charge is 0.480 e. The minimum absolute atomic E-state index is 0.0994. The van der Waals surface area contributed by atoms with E-state index in [0.717, 1.165) is 11.8 Å². The summed E-state index contributed by atoms with van der Waals surface area (Å²) in [7, 11) is -4.27. The van der Waals surface area contributed by atoms with Crippen molar-refractivity contribution in [1.82, 2.24) is 15.2 Å². The number of rotatable bonds is 5. The maximum absolute atomic E-state index is 13.1. The van der Waals surface area contributed by atoms with Gasteiger partial charge < -0.3 is 14.7 Å². The maximum Gasteiger partial charge on any atom is 0.412 e. The lowest BCUT2D eigenvalue weighted by molar-refractivity contribution is -0.153. The van der Waals surface area contributed by atoms with Gasteiger partial charge in [-0.05, 0) is 25.1 Å². The molecule has 2 saturated heterocycles. The number of fused-ring (bicyclic) bond motifs is 1. The third kappa shape index (κ3) is 2.72. The van der Waals surface area contributed by atoms with Crippen LogP contribution in [0.3, 0.4) is 0 Å². The van der Waals surface area contributed by atoms with E-state index in [-0.39, 0.29) is 5.57 Å². The van der Waals surface area contributed by atoms with Gasteiger partial charge in [0.2, 0.25) is 0 Å². The number of nitrogens with one attached hydrogen (secondary N) is 2. The van der Waals surface area contributed by atoms with Crippen molar-refractivity contribution in [2.75, 3.05) is 6.61 Å². The van der Waals surface area contributed by atoms with E-state index in [1.165, 1.54) is 12.3 Å². The lowest BCUT2D eigenvalue weighted by atomic mass is 9.94. The molecule has 1 aromatic heterocycles. The van der Waals surface area contributed by atoms with Crippen LogP contribution in [0.15, 0.2) is 30.0 Å². The van der Waals surface area contributed by atoms with Gasteiger partial charge in [0.25, 0.3) is 5.91 Å². The van der Waals surface area contributed by atoms with Crippen LogP contribution in [0.2, 0.25) is 0 Å². The second-order valence-corrected chi connectivity index (χ2v) is 8.85. The Hall–Kier alpha value is -3.28. The van der Waals surface area contributed by atoms with E-state index < -0.39 is 50.6 Å². The Bertz CT molecular complexity index is 992. The Morgan fingerprint density at radius 1 is 1.46 bits per heavy atom. The number of aliphatic carboxylic acids is 1. The van der Waals surface area contributed by atoms with Crippen molar-refractivity contribution in [3.8, 4) is 0 Å². The molecule has 28 heavy (non-hydrogen) atoms. The molecule has 12 heteroatoms. The zero-order valence-electron chi connectivity index (χ0n) is 14.5. The normalized spacial score (nSPS) is 29.0. The molecule has 0 aromatic carbocycles. The first-order chi connectivity index (χ1) is 13.1. The molecule has 0 aliphatic carbocycles. The number of pyridine rings is 1. The predicted molar refractivity (Wildman–Crippen MR) is 94.9 cm³/mol. The first kappa shape index (κ1) is 19.5. The van der Waals surface area contributed by atoms with Crippen LogP contribution in [0.4, 0.5) is 4.79 Å². The van der Waals surface area contributed by atoms with E-state index in [1.54, 1.807) is 18.2 Å². The zero-order chi connectivity index (χ0) is 20.7. The number of alkyl carbamates (subject to hydrolysis) is 1. The zero-order valence-corrected chi connectivity index (χ0v) is 15.3. The number of sulfone groups is 1. The molecule has 3 rings (SSSR count). The highest BCUT2D eigenvalue weighted by molar-refractivity contribution is 7.94. The molecule has 2 aliphatic rings. The molecule has 3 N–H and O–H groups in total. The number of carbonyl (C=O) groups excluding carboxylic acids is 2. The number of ether oxygens (including phenoxy) is 1. The van der Waals surface area contributed by atoms with Crippen molar-refractivity contribution < 1.29 is 32.6 Å². The average molecular weight is 408 g/mol. The number of aromatic nitrogens is 1. The highest BCUT2D eigenvalue weighted by atomic mass is 32.2. The van der Waals surface area contributed by atoms with Crippen molar-refractivity contribution >= 4 is 40.2 Å². The Kier molecular flexibility index (Phi) is 4.67. The fourth-order valence-corrected chi connectivity index (χ4v) is 5.60. The molecule has 148 valence electrons. The Labute approximate surface area is 159 Å². The Balaban J connectivity index is 2.01. The van der Waals surface area contributed by atoms with Gasteiger partial charge in [0, 0.05) is 6.20 Å². The molecule has 0 spiro atoms. The molecule has 0 saturated carbocycles. The fraction of sp³-hybridized carbons (Fsp3) is 0.312. The summed E-state index contributed by atoms with van der Waals surface area (Å²) in [5, 5.41) is 16.8. The van der Waals surface area contributed by atoms with Crippen molar-refractivity contribution in [2.45, 2.75) is 23.1 Å². The number of hydrogen-bond acceptors (Lipinski definition) is 8. The summed E-state index contributed by atoms with van der Waals surface area (Å²) in [6, 6.07) is 3.15.